The normalized spacial score (nSPS) is 25.9. The van der Waals surface area contributed by atoms with E-state index in [1.165, 1.54) is 0 Å². The minimum Gasteiger partial charge on any atom is -0.497 e. The van der Waals surface area contributed by atoms with Crippen LogP contribution in [0.4, 0.5) is 0 Å². The lowest BCUT2D eigenvalue weighted by molar-refractivity contribution is -0.164. The number of hydrogen-bond donors (Lipinski definition) is 2. The molecule has 3 aliphatic heterocycles. The Kier molecular flexibility index (Phi) is 3.56. The maximum Gasteiger partial charge on any atom is 0.343 e. The van der Waals surface area contributed by atoms with Gasteiger partial charge in [-0.1, -0.05) is 6.92 Å². The summed E-state index contributed by atoms with van der Waals surface area (Å²) >= 11 is 0. The van der Waals surface area contributed by atoms with Gasteiger partial charge in [0.15, 0.2) is 11.8 Å². The zero-order chi connectivity index (χ0) is 19.6. The third kappa shape index (κ3) is 2.17. The minimum atomic E-state index is -1.75. The van der Waals surface area contributed by atoms with E-state index in [1.54, 1.807) is 20.1 Å². The van der Waals surface area contributed by atoms with Gasteiger partial charge in [-0.15, -0.1) is 0 Å². The first-order valence-electron chi connectivity index (χ1n) is 9.24. The number of fused-ring (bicyclic) bond motifs is 4. The number of carbonyl (C=O) groups is 1. The van der Waals surface area contributed by atoms with Crippen molar-refractivity contribution in [1.29, 1.82) is 0 Å². The first-order valence-corrected chi connectivity index (χ1v) is 9.24. The van der Waals surface area contributed by atoms with Crippen LogP contribution in [0.3, 0.4) is 0 Å². The smallest absolute Gasteiger partial charge is 0.343 e. The molecule has 0 aliphatic carbocycles. The lowest BCUT2D eigenvalue weighted by atomic mass is 9.82. The van der Waals surface area contributed by atoms with Crippen molar-refractivity contribution in [3.05, 3.63) is 52.7 Å². The molecular weight excluding hydrogens is 360 g/mol. The first-order chi connectivity index (χ1) is 13.5. The second-order valence-corrected chi connectivity index (χ2v) is 7.31. The number of benzene rings is 1. The summed E-state index contributed by atoms with van der Waals surface area (Å²) in [6.45, 7) is 2.18. The maximum atomic E-state index is 12.2. The number of hydrogen-bond acceptors (Lipinski definition) is 7. The highest BCUT2D eigenvalue weighted by molar-refractivity contribution is 5.90. The average Bonchev–Trinajstić information content (AvgIpc) is 3.07. The van der Waals surface area contributed by atoms with Crippen LogP contribution in [0.1, 0.15) is 24.6 Å². The quantitative estimate of drug-likeness (QED) is 0.767. The second-order valence-electron chi connectivity index (χ2n) is 7.31. The molecule has 2 aromatic rings. The molecular formula is C21H20N2O5. The number of cyclic esters (lactones) is 1. The van der Waals surface area contributed by atoms with Crippen molar-refractivity contribution in [2.75, 3.05) is 13.7 Å². The average molecular weight is 380 g/mol. The van der Waals surface area contributed by atoms with Crippen molar-refractivity contribution in [1.82, 2.24) is 9.88 Å². The molecule has 144 valence electrons. The summed E-state index contributed by atoms with van der Waals surface area (Å²) in [5.41, 5.74) is 2.44. The van der Waals surface area contributed by atoms with Crippen LogP contribution in [0.5, 0.6) is 5.75 Å². The van der Waals surface area contributed by atoms with Gasteiger partial charge >= 0.3 is 5.97 Å². The number of carbonyl (C=O) groups excluding carboxylic acids is 1. The zero-order valence-corrected chi connectivity index (χ0v) is 15.6. The Morgan fingerprint density at radius 2 is 2.21 bits per heavy atom. The molecule has 0 fully saturated rings. The van der Waals surface area contributed by atoms with Gasteiger partial charge in [-0.25, -0.2) is 9.78 Å². The topological polar surface area (TPSA) is 92.1 Å². The Bertz CT molecular complexity index is 1090. The van der Waals surface area contributed by atoms with Crippen LogP contribution >= 0.6 is 0 Å². The fourth-order valence-corrected chi connectivity index (χ4v) is 4.24. The molecule has 0 saturated heterocycles. The van der Waals surface area contributed by atoms with E-state index in [-0.39, 0.29) is 13.0 Å². The summed E-state index contributed by atoms with van der Waals surface area (Å²) in [5, 5.41) is 22.8. The number of ether oxygens (including phenoxy) is 2. The molecule has 0 radical (unpaired) electrons. The first kappa shape index (κ1) is 17.2. The number of nitrogens with zero attached hydrogens (tertiary/aromatic N) is 2. The molecule has 0 bridgehead atoms. The van der Waals surface area contributed by atoms with E-state index in [2.05, 4.69) is 0 Å². The molecule has 7 heteroatoms. The molecule has 2 N–H and O–H groups in total. The molecule has 1 aromatic heterocycles. The van der Waals surface area contributed by atoms with E-state index in [4.69, 9.17) is 14.5 Å². The van der Waals surface area contributed by atoms with Crippen LogP contribution in [-0.2, 0) is 16.1 Å². The summed E-state index contributed by atoms with van der Waals surface area (Å²) in [7, 11) is 1.62. The molecule has 7 nitrogen and oxygen atoms in total. The van der Waals surface area contributed by atoms with E-state index in [9.17, 15) is 15.0 Å². The van der Waals surface area contributed by atoms with Crippen molar-refractivity contribution in [2.24, 2.45) is 0 Å². The van der Waals surface area contributed by atoms with Gasteiger partial charge in [0.2, 0.25) is 0 Å². The van der Waals surface area contributed by atoms with Gasteiger partial charge in [-0.2, -0.15) is 0 Å². The predicted molar refractivity (Wildman–Crippen MR) is 101 cm³/mol. The molecule has 0 spiro atoms. The van der Waals surface area contributed by atoms with Crippen molar-refractivity contribution < 1.29 is 24.5 Å². The molecule has 3 aliphatic rings. The Hall–Kier alpha value is -2.90. The van der Waals surface area contributed by atoms with E-state index in [0.717, 1.165) is 27.9 Å². The summed E-state index contributed by atoms with van der Waals surface area (Å²) in [4.78, 5) is 18.8. The molecule has 1 aromatic carbocycles. The molecule has 0 saturated carbocycles. The van der Waals surface area contributed by atoms with Crippen LogP contribution < -0.4 is 4.74 Å². The van der Waals surface area contributed by atoms with E-state index in [1.807, 2.05) is 29.2 Å². The Balaban J connectivity index is 1.68. The van der Waals surface area contributed by atoms with E-state index < -0.39 is 17.8 Å². The van der Waals surface area contributed by atoms with Crippen LogP contribution in [0.15, 0.2) is 41.5 Å². The highest BCUT2D eigenvalue weighted by Gasteiger charge is 2.49. The van der Waals surface area contributed by atoms with E-state index in [0.29, 0.717) is 23.4 Å². The summed E-state index contributed by atoms with van der Waals surface area (Å²) in [5.74, 6) is 0.0769. The van der Waals surface area contributed by atoms with Crippen LogP contribution in [-0.4, -0.2) is 51.6 Å². The van der Waals surface area contributed by atoms with Gasteiger partial charge in [0.25, 0.3) is 0 Å². The predicted octanol–water partition coefficient (Wildman–Crippen LogP) is 1.73. The summed E-state index contributed by atoms with van der Waals surface area (Å²) in [6.07, 6.45) is 0.965. The minimum absolute atomic E-state index is 0.0269. The Morgan fingerprint density at radius 1 is 1.39 bits per heavy atom. The number of aliphatic hydroxyl groups is 2. The SMILES string of the molecule is CC[C@@]1(O)C(=O)OCC2=C1C=C1c3nc4ccc(OC)cc4cc3CN1C2O. The molecule has 2 atom stereocenters. The number of aliphatic hydroxyl groups excluding tert-OH is 1. The molecule has 0 amide bonds. The highest BCUT2D eigenvalue weighted by Crippen LogP contribution is 2.44. The molecule has 1 unspecified atom stereocenters. The largest absolute Gasteiger partial charge is 0.497 e. The van der Waals surface area contributed by atoms with Crippen molar-refractivity contribution in [3.63, 3.8) is 0 Å². The van der Waals surface area contributed by atoms with Gasteiger partial charge in [-0.3, -0.25) is 0 Å². The monoisotopic (exact) mass is 380 g/mol. The Labute approximate surface area is 161 Å². The number of methoxy groups -OCH3 is 1. The van der Waals surface area contributed by atoms with Gasteiger partial charge < -0.3 is 24.6 Å². The van der Waals surface area contributed by atoms with Gasteiger partial charge in [0, 0.05) is 23.1 Å². The van der Waals surface area contributed by atoms with E-state index >= 15 is 0 Å². The number of aromatic nitrogens is 1. The third-order valence-corrected chi connectivity index (χ3v) is 5.88. The van der Waals surface area contributed by atoms with Crippen molar-refractivity contribution >= 4 is 22.6 Å². The number of esters is 1. The maximum absolute atomic E-state index is 12.2. The van der Waals surface area contributed by atoms with Crippen molar-refractivity contribution in [3.8, 4) is 5.75 Å². The van der Waals surface area contributed by atoms with Gasteiger partial charge in [0.05, 0.1) is 24.0 Å². The number of rotatable bonds is 2. The lowest BCUT2D eigenvalue weighted by Gasteiger charge is -2.40. The van der Waals surface area contributed by atoms with Crippen LogP contribution in [0.2, 0.25) is 0 Å². The summed E-state index contributed by atoms with van der Waals surface area (Å²) < 4.78 is 10.4. The lowest BCUT2D eigenvalue weighted by Crippen LogP contribution is -2.50. The Morgan fingerprint density at radius 3 is 2.96 bits per heavy atom. The highest BCUT2D eigenvalue weighted by atomic mass is 16.6. The molecule has 5 rings (SSSR count). The number of pyridine rings is 1. The molecule has 4 heterocycles. The van der Waals surface area contributed by atoms with Gasteiger partial charge in [0.1, 0.15) is 12.4 Å². The van der Waals surface area contributed by atoms with Crippen LogP contribution in [0.25, 0.3) is 16.6 Å². The second kappa shape index (κ2) is 5.80. The standard InChI is InChI=1S/C21H20N2O5/c1-3-21(26)15-8-17-18-12(6-11-7-13(27-2)4-5-16(11)22-18)9-23(17)19(24)14(15)10-28-20(21)25/h4-8,19,24,26H,3,9-10H2,1-2H3/t19?,21-/m0/s1. The fourth-order valence-electron chi connectivity index (χ4n) is 4.24. The zero-order valence-electron chi connectivity index (χ0n) is 15.6. The van der Waals surface area contributed by atoms with Gasteiger partial charge in [-0.05, 0) is 42.3 Å². The fraction of sp³-hybridized carbons (Fsp3) is 0.333. The summed E-state index contributed by atoms with van der Waals surface area (Å²) in [6, 6.07) is 7.71. The van der Waals surface area contributed by atoms with Crippen molar-refractivity contribution in [2.45, 2.75) is 31.7 Å². The van der Waals surface area contributed by atoms with Crippen LogP contribution in [0, 0.1) is 0 Å². The molecule has 28 heavy (non-hydrogen) atoms. The third-order valence-electron chi connectivity index (χ3n) is 5.88.